The monoisotopic (exact) mass is 391 g/mol. The number of carbonyl (C=O) groups excluding carboxylic acids is 1. The summed E-state index contributed by atoms with van der Waals surface area (Å²) < 4.78 is 1.12. The maximum absolute atomic E-state index is 13.0. The van der Waals surface area contributed by atoms with E-state index < -0.39 is 0 Å². The molecular weight excluding hydrogens is 370 g/mol. The number of hydrogen-bond donors (Lipinski definition) is 0. The van der Waals surface area contributed by atoms with E-state index in [2.05, 4.69) is 21.2 Å². The summed E-state index contributed by atoms with van der Waals surface area (Å²) in [6.07, 6.45) is 0. The number of nitrogens with zero attached hydrogens (tertiary/aromatic N) is 5. The Kier molecular flexibility index (Phi) is 4.68. The lowest BCUT2D eigenvalue weighted by molar-refractivity contribution is 0.0778. The lowest BCUT2D eigenvalue weighted by atomic mass is 10.1. The zero-order chi connectivity index (χ0) is 19.8. The van der Waals surface area contributed by atoms with Crippen LogP contribution in [0.5, 0.6) is 0 Å². The van der Waals surface area contributed by atoms with Gasteiger partial charge < -0.3 is 4.90 Å². The molecule has 0 unspecified atom stereocenters. The predicted molar refractivity (Wildman–Crippen MR) is 111 cm³/mol. The summed E-state index contributed by atoms with van der Waals surface area (Å²) in [7, 11) is 1.77. The summed E-state index contributed by atoms with van der Waals surface area (Å²) in [5, 5.41) is 9.83. The standard InChI is InChI=1S/C21H21N5OS/c1-13-9-10-17(14(2)11-13)26-23-15(3)20(24-26)21(27)25(4)12-19-22-16-7-5-6-8-18(16)28-19/h5-11H,12H2,1-4H3. The van der Waals surface area contributed by atoms with E-state index in [0.717, 1.165) is 26.5 Å². The summed E-state index contributed by atoms with van der Waals surface area (Å²) in [6.45, 7) is 6.31. The number of aryl methyl sites for hydroxylation is 3. The van der Waals surface area contributed by atoms with Gasteiger partial charge in [-0.05, 0) is 44.5 Å². The van der Waals surface area contributed by atoms with Gasteiger partial charge in [0.1, 0.15) is 5.01 Å². The number of carbonyl (C=O) groups is 1. The predicted octanol–water partition coefficient (Wildman–Crippen LogP) is 4.07. The number of benzene rings is 2. The van der Waals surface area contributed by atoms with Crippen molar-refractivity contribution in [3.8, 4) is 5.69 Å². The van der Waals surface area contributed by atoms with Gasteiger partial charge in [0.15, 0.2) is 5.69 Å². The summed E-state index contributed by atoms with van der Waals surface area (Å²) in [6, 6.07) is 14.1. The highest BCUT2D eigenvalue weighted by atomic mass is 32.1. The first-order chi connectivity index (χ1) is 13.4. The molecule has 0 saturated heterocycles. The van der Waals surface area contributed by atoms with Crippen LogP contribution >= 0.6 is 11.3 Å². The van der Waals surface area contributed by atoms with E-state index in [1.165, 1.54) is 5.56 Å². The molecule has 142 valence electrons. The van der Waals surface area contributed by atoms with Crippen LogP contribution in [0.4, 0.5) is 0 Å². The van der Waals surface area contributed by atoms with Crippen LogP contribution < -0.4 is 0 Å². The van der Waals surface area contributed by atoms with Crippen LogP contribution in [-0.4, -0.2) is 37.8 Å². The number of thiazole rings is 1. The molecule has 0 N–H and O–H groups in total. The van der Waals surface area contributed by atoms with E-state index in [0.29, 0.717) is 17.9 Å². The zero-order valence-corrected chi connectivity index (χ0v) is 17.1. The van der Waals surface area contributed by atoms with Crippen molar-refractivity contribution in [1.82, 2.24) is 24.9 Å². The quantitative estimate of drug-likeness (QED) is 0.526. The molecule has 0 aliphatic heterocycles. The topological polar surface area (TPSA) is 63.9 Å². The van der Waals surface area contributed by atoms with E-state index in [1.54, 1.807) is 28.1 Å². The maximum atomic E-state index is 13.0. The van der Waals surface area contributed by atoms with Gasteiger partial charge in [0.25, 0.3) is 5.91 Å². The van der Waals surface area contributed by atoms with Crippen LogP contribution in [0.1, 0.15) is 32.3 Å². The molecule has 0 fully saturated rings. The van der Waals surface area contributed by atoms with Crippen molar-refractivity contribution >= 4 is 27.5 Å². The van der Waals surface area contributed by atoms with Crippen LogP contribution in [0, 0.1) is 20.8 Å². The smallest absolute Gasteiger partial charge is 0.276 e. The minimum absolute atomic E-state index is 0.159. The second-order valence-corrected chi connectivity index (χ2v) is 8.07. The summed E-state index contributed by atoms with van der Waals surface area (Å²) in [5.41, 5.74) is 5.06. The van der Waals surface area contributed by atoms with Gasteiger partial charge in [0.2, 0.25) is 0 Å². The van der Waals surface area contributed by atoms with Gasteiger partial charge in [-0.3, -0.25) is 4.79 Å². The van der Waals surface area contributed by atoms with Gasteiger partial charge in [-0.15, -0.1) is 16.4 Å². The lowest BCUT2D eigenvalue weighted by Gasteiger charge is -2.14. The largest absolute Gasteiger partial charge is 0.333 e. The fourth-order valence-electron chi connectivity index (χ4n) is 3.16. The Balaban J connectivity index is 1.58. The molecular formula is C21H21N5OS. The lowest BCUT2D eigenvalue weighted by Crippen LogP contribution is -2.27. The van der Waals surface area contributed by atoms with Crippen molar-refractivity contribution < 1.29 is 4.79 Å². The van der Waals surface area contributed by atoms with Gasteiger partial charge in [-0.25, -0.2) is 4.98 Å². The minimum Gasteiger partial charge on any atom is -0.333 e. The van der Waals surface area contributed by atoms with Gasteiger partial charge in [0.05, 0.1) is 28.1 Å². The highest BCUT2D eigenvalue weighted by molar-refractivity contribution is 7.18. The average Bonchev–Trinajstić information content (AvgIpc) is 3.23. The second-order valence-electron chi connectivity index (χ2n) is 6.95. The molecule has 0 spiro atoms. The normalized spacial score (nSPS) is 11.1. The minimum atomic E-state index is -0.159. The third-order valence-electron chi connectivity index (χ3n) is 4.61. The molecule has 2 heterocycles. The van der Waals surface area contributed by atoms with Crippen LogP contribution in [0.3, 0.4) is 0 Å². The highest BCUT2D eigenvalue weighted by Crippen LogP contribution is 2.23. The molecule has 2 aromatic carbocycles. The fraction of sp³-hybridized carbons (Fsp3) is 0.238. The van der Waals surface area contributed by atoms with Crippen molar-refractivity contribution in [2.45, 2.75) is 27.3 Å². The molecule has 4 aromatic rings. The number of aromatic nitrogens is 4. The SMILES string of the molecule is Cc1ccc(-n2nc(C)c(C(=O)N(C)Cc3nc4ccccc4s3)n2)c(C)c1. The first-order valence-electron chi connectivity index (χ1n) is 9.04. The molecule has 28 heavy (non-hydrogen) atoms. The summed E-state index contributed by atoms with van der Waals surface area (Å²) in [5.74, 6) is -0.159. The molecule has 0 radical (unpaired) electrons. The Morgan fingerprint density at radius 2 is 1.89 bits per heavy atom. The van der Waals surface area contributed by atoms with Gasteiger partial charge in [-0.2, -0.15) is 9.90 Å². The Morgan fingerprint density at radius 3 is 2.64 bits per heavy atom. The third-order valence-corrected chi connectivity index (χ3v) is 5.63. The van der Waals surface area contributed by atoms with Crippen LogP contribution in [0.25, 0.3) is 15.9 Å². The fourth-order valence-corrected chi connectivity index (χ4v) is 4.18. The van der Waals surface area contributed by atoms with Crippen molar-refractivity contribution in [2.75, 3.05) is 7.05 Å². The second kappa shape index (κ2) is 7.16. The third kappa shape index (κ3) is 3.41. The van der Waals surface area contributed by atoms with E-state index >= 15 is 0 Å². The van der Waals surface area contributed by atoms with E-state index in [9.17, 15) is 4.79 Å². The molecule has 0 saturated carbocycles. The Hall–Kier alpha value is -3.06. The number of para-hydroxylation sites is 1. The number of rotatable bonds is 4. The Morgan fingerprint density at radius 1 is 1.11 bits per heavy atom. The number of amides is 1. The molecule has 6 nitrogen and oxygen atoms in total. The molecule has 7 heteroatoms. The highest BCUT2D eigenvalue weighted by Gasteiger charge is 2.21. The average molecular weight is 392 g/mol. The molecule has 2 aromatic heterocycles. The van der Waals surface area contributed by atoms with Crippen molar-refractivity contribution in [3.63, 3.8) is 0 Å². The molecule has 0 aliphatic carbocycles. The molecule has 0 bridgehead atoms. The zero-order valence-electron chi connectivity index (χ0n) is 16.3. The van der Waals surface area contributed by atoms with Crippen LogP contribution in [0.15, 0.2) is 42.5 Å². The molecule has 1 amide bonds. The first kappa shape index (κ1) is 18.3. The van der Waals surface area contributed by atoms with Crippen molar-refractivity contribution in [1.29, 1.82) is 0 Å². The Labute approximate surface area is 167 Å². The summed E-state index contributed by atoms with van der Waals surface area (Å²) in [4.78, 5) is 20.7. The maximum Gasteiger partial charge on any atom is 0.276 e. The van der Waals surface area contributed by atoms with Crippen molar-refractivity contribution in [3.05, 3.63) is 70.0 Å². The molecule has 0 aliphatic rings. The number of fused-ring (bicyclic) bond motifs is 1. The van der Waals surface area contributed by atoms with Gasteiger partial charge in [0, 0.05) is 7.05 Å². The van der Waals surface area contributed by atoms with Crippen LogP contribution in [0.2, 0.25) is 0 Å². The van der Waals surface area contributed by atoms with Gasteiger partial charge >= 0.3 is 0 Å². The van der Waals surface area contributed by atoms with E-state index in [1.807, 2.05) is 57.2 Å². The summed E-state index contributed by atoms with van der Waals surface area (Å²) >= 11 is 1.60. The number of hydrogen-bond acceptors (Lipinski definition) is 5. The van der Waals surface area contributed by atoms with E-state index in [4.69, 9.17) is 0 Å². The van der Waals surface area contributed by atoms with Gasteiger partial charge in [-0.1, -0.05) is 29.8 Å². The Bertz CT molecular complexity index is 1140. The molecule has 0 atom stereocenters. The molecule has 4 rings (SSSR count). The first-order valence-corrected chi connectivity index (χ1v) is 9.85. The van der Waals surface area contributed by atoms with Crippen molar-refractivity contribution in [2.24, 2.45) is 0 Å². The van der Waals surface area contributed by atoms with E-state index in [-0.39, 0.29) is 5.91 Å². The van der Waals surface area contributed by atoms with Crippen LogP contribution in [-0.2, 0) is 6.54 Å².